The molecule has 38 heavy (non-hydrogen) atoms. The van der Waals surface area contributed by atoms with Gasteiger partial charge < -0.3 is 14.2 Å². The van der Waals surface area contributed by atoms with Crippen molar-refractivity contribution in [2.75, 3.05) is 7.11 Å². The Morgan fingerprint density at radius 3 is 2.45 bits per heavy atom. The topological polar surface area (TPSA) is 74.7 Å². The van der Waals surface area contributed by atoms with Gasteiger partial charge in [-0.3, -0.25) is 14.6 Å². The van der Waals surface area contributed by atoms with Gasteiger partial charge in [0.2, 0.25) is 0 Å². The van der Waals surface area contributed by atoms with Crippen LogP contribution in [-0.4, -0.2) is 35.0 Å². The molecule has 9 heteroatoms. The summed E-state index contributed by atoms with van der Waals surface area (Å²) in [7, 11) is 1.45. The minimum atomic E-state index is -0.586. The molecule has 0 saturated carbocycles. The standard InChI is InChI=1S/C29H30FNO5S2/c1-17-15-22(30)11-12-25(17)38-28(21-9-7-6-8-10-21)19(3)35-29(33)18(2)16-24(37)26-27(36-20(4)32)23(34-5)13-14-31-26/h6-15,18-19,28H,16H2,1-5H3/t18-,19+,28+/m1/s1. The van der Waals surface area contributed by atoms with Gasteiger partial charge in [0.05, 0.1) is 18.3 Å². The highest BCUT2D eigenvalue weighted by molar-refractivity contribution is 7.99. The number of benzene rings is 2. The van der Waals surface area contributed by atoms with Crippen molar-refractivity contribution in [1.82, 2.24) is 4.98 Å². The number of carbonyl (C=O) groups excluding carboxylic acids is 2. The first-order valence-corrected chi connectivity index (χ1v) is 13.3. The predicted octanol–water partition coefficient (Wildman–Crippen LogP) is 6.67. The molecule has 3 rings (SSSR count). The number of thioether (sulfide) groups is 1. The van der Waals surface area contributed by atoms with Crippen LogP contribution >= 0.6 is 24.0 Å². The number of aryl methyl sites for hydroxylation is 1. The maximum Gasteiger partial charge on any atom is 0.309 e. The van der Waals surface area contributed by atoms with Crippen LogP contribution in [0.5, 0.6) is 11.5 Å². The van der Waals surface area contributed by atoms with E-state index in [2.05, 4.69) is 4.98 Å². The van der Waals surface area contributed by atoms with Crippen molar-refractivity contribution in [2.45, 2.75) is 50.4 Å². The van der Waals surface area contributed by atoms with E-state index in [4.69, 9.17) is 26.4 Å². The lowest BCUT2D eigenvalue weighted by Gasteiger charge is -2.26. The summed E-state index contributed by atoms with van der Waals surface area (Å²) < 4.78 is 30.2. The van der Waals surface area contributed by atoms with Gasteiger partial charge in [0.25, 0.3) is 0 Å². The van der Waals surface area contributed by atoms with Gasteiger partial charge in [-0.1, -0.05) is 49.5 Å². The Morgan fingerprint density at radius 2 is 1.82 bits per heavy atom. The van der Waals surface area contributed by atoms with Crippen molar-refractivity contribution >= 4 is 40.8 Å². The van der Waals surface area contributed by atoms with Gasteiger partial charge in [0.15, 0.2) is 11.5 Å². The summed E-state index contributed by atoms with van der Waals surface area (Å²) in [5.41, 5.74) is 2.06. The molecule has 0 radical (unpaired) electrons. The molecule has 0 spiro atoms. The lowest BCUT2D eigenvalue weighted by Crippen LogP contribution is -2.26. The van der Waals surface area contributed by atoms with Crippen molar-refractivity contribution in [2.24, 2.45) is 5.92 Å². The van der Waals surface area contributed by atoms with Gasteiger partial charge >= 0.3 is 11.9 Å². The van der Waals surface area contributed by atoms with Crippen LogP contribution in [0.15, 0.2) is 65.7 Å². The molecule has 0 bridgehead atoms. The minimum absolute atomic E-state index is 0.122. The third kappa shape index (κ3) is 7.61. The Hall–Kier alpha value is -3.30. The largest absolute Gasteiger partial charge is 0.493 e. The first kappa shape index (κ1) is 29.3. The Kier molecular flexibility index (Phi) is 10.4. The van der Waals surface area contributed by atoms with Crippen LogP contribution in [0.4, 0.5) is 4.39 Å². The van der Waals surface area contributed by atoms with Crippen LogP contribution in [0.2, 0.25) is 0 Å². The number of rotatable bonds is 11. The van der Waals surface area contributed by atoms with E-state index in [0.717, 1.165) is 16.0 Å². The fourth-order valence-corrected chi connectivity index (χ4v) is 5.41. The Bertz CT molecular complexity index is 1300. The molecule has 1 aromatic heterocycles. The molecule has 0 saturated heterocycles. The molecular formula is C29H30FNO5S2. The minimum Gasteiger partial charge on any atom is -0.493 e. The summed E-state index contributed by atoms with van der Waals surface area (Å²) in [6, 6.07) is 15.9. The maximum absolute atomic E-state index is 13.7. The molecule has 0 fully saturated rings. The number of thiocarbonyl (C=S) groups is 1. The summed E-state index contributed by atoms with van der Waals surface area (Å²) in [5.74, 6) is -1.41. The number of methoxy groups -OCH3 is 1. The number of carbonyl (C=O) groups is 2. The lowest BCUT2D eigenvalue weighted by molar-refractivity contribution is -0.152. The average molecular weight is 556 g/mol. The molecule has 0 N–H and O–H groups in total. The van der Waals surface area contributed by atoms with Gasteiger partial charge in [-0.2, -0.15) is 0 Å². The molecule has 0 amide bonds. The van der Waals surface area contributed by atoms with Crippen molar-refractivity contribution in [3.63, 3.8) is 0 Å². The molecule has 0 aliphatic heterocycles. The van der Waals surface area contributed by atoms with Crippen LogP contribution in [0, 0.1) is 18.7 Å². The van der Waals surface area contributed by atoms with Gasteiger partial charge in [-0.15, -0.1) is 11.8 Å². The molecular weight excluding hydrogens is 525 g/mol. The van der Waals surface area contributed by atoms with Crippen LogP contribution in [0.1, 0.15) is 49.3 Å². The number of hydrogen-bond acceptors (Lipinski definition) is 8. The number of esters is 2. The highest BCUT2D eigenvalue weighted by atomic mass is 32.2. The van der Waals surface area contributed by atoms with Crippen molar-refractivity contribution in [3.8, 4) is 11.5 Å². The highest BCUT2D eigenvalue weighted by Crippen LogP contribution is 2.41. The van der Waals surface area contributed by atoms with Gasteiger partial charge in [0, 0.05) is 28.9 Å². The summed E-state index contributed by atoms with van der Waals surface area (Å²) >= 11 is 7.08. The van der Waals surface area contributed by atoms with E-state index in [1.807, 2.05) is 44.2 Å². The lowest BCUT2D eigenvalue weighted by atomic mass is 10.0. The second kappa shape index (κ2) is 13.5. The summed E-state index contributed by atoms with van der Waals surface area (Å²) in [6.45, 7) is 6.69. The smallest absolute Gasteiger partial charge is 0.309 e. The van der Waals surface area contributed by atoms with Crippen molar-refractivity contribution < 1.29 is 28.2 Å². The molecule has 1 heterocycles. The number of pyridine rings is 1. The van der Waals surface area contributed by atoms with Crippen LogP contribution in [-0.2, 0) is 14.3 Å². The van der Waals surface area contributed by atoms with Crippen LogP contribution in [0.25, 0.3) is 0 Å². The summed E-state index contributed by atoms with van der Waals surface area (Å²) in [4.78, 5) is 30.3. The van der Waals surface area contributed by atoms with E-state index in [0.29, 0.717) is 10.6 Å². The fraction of sp³-hybridized carbons (Fsp3) is 0.310. The number of nitrogens with zero attached hydrogens (tertiary/aromatic N) is 1. The fourth-order valence-electron chi connectivity index (χ4n) is 3.81. The Morgan fingerprint density at radius 1 is 1.11 bits per heavy atom. The second-order valence-electron chi connectivity index (χ2n) is 8.81. The molecule has 6 nitrogen and oxygen atoms in total. The summed E-state index contributed by atoms with van der Waals surface area (Å²) in [6.07, 6.45) is 1.16. The second-order valence-corrected chi connectivity index (χ2v) is 10.5. The molecule has 0 unspecified atom stereocenters. The number of hydrogen-bond donors (Lipinski definition) is 0. The molecule has 3 aromatic rings. The van der Waals surface area contributed by atoms with Crippen LogP contribution < -0.4 is 9.47 Å². The zero-order valence-electron chi connectivity index (χ0n) is 21.9. The molecule has 0 aliphatic carbocycles. The number of halogens is 1. The van der Waals surface area contributed by atoms with Crippen LogP contribution in [0.3, 0.4) is 0 Å². The first-order valence-electron chi connectivity index (χ1n) is 12.0. The SMILES string of the molecule is COc1ccnc(C(=S)C[C@@H](C)C(=O)O[C@@H](C)[C@H](Sc2ccc(F)cc2C)c2ccccc2)c1OC(C)=O. The molecule has 3 atom stereocenters. The Labute approximate surface area is 231 Å². The molecule has 2 aromatic carbocycles. The van der Waals surface area contributed by atoms with Gasteiger partial charge in [0.1, 0.15) is 17.6 Å². The maximum atomic E-state index is 13.7. The predicted molar refractivity (Wildman–Crippen MR) is 149 cm³/mol. The highest BCUT2D eigenvalue weighted by Gasteiger charge is 2.28. The molecule has 200 valence electrons. The van der Waals surface area contributed by atoms with Crippen molar-refractivity contribution in [3.05, 3.63) is 83.4 Å². The van der Waals surface area contributed by atoms with E-state index in [9.17, 15) is 14.0 Å². The zero-order chi connectivity index (χ0) is 27.8. The normalized spacial score (nSPS) is 13.2. The number of ether oxygens (including phenoxy) is 3. The zero-order valence-corrected chi connectivity index (χ0v) is 23.5. The molecule has 0 aliphatic rings. The van der Waals surface area contributed by atoms with E-state index in [1.54, 1.807) is 19.1 Å². The number of aromatic nitrogens is 1. The Balaban J connectivity index is 1.76. The van der Waals surface area contributed by atoms with E-state index < -0.39 is 24.0 Å². The summed E-state index contributed by atoms with van der Waals surface area (Å²) in [5, 5.41) is -0.223. The third-order valence-electron chi connectivity index (χ3n) is 5.74. The van der Waals surface area contributed by atoms with E-state index in [-0.39, 0.29) is 28.9 Å². The van der Waals surface area contributed by atoms with Gasteiger partial charge in [-0.25, -0.2) is 4.39 Å². The third-order valence-corrected chi connectivity index (χ3v) is 7.72. The first-order chi connectivity index (χ1) is 18.1. The van der Waals surface area contributed by atoms with E-state index >= 15 is 0 Å². The van der Waals surface area contributed by atoms with Crippen molar-refractivity contribution in [1.29, 1.82) is 0 Å². The monoisotopic (exact) mass is 555 g/mol. The average Bonchev–Trinajstić information content (AvgIpc) is 2.88. The van der Waals surface area contributed by atoms with Gasteiger partial charge in [-0.05, 0) is 49.6 Å². The van der Waals surface area contributed by atoms with E-state index in [1.165, 1.54) is 44.1 Å². The quantitative estimate of drug-likeness (QED) is 0.112.